The van der Waals surface area contributed by atoms with Crippen LogP contribution in [0.15, 0.2) is 35.2 Å². The number of thiol groups is 1. The molecule has 0 heterocycles. The zero-order valence-corrected chi connectivity index (χ0v) is 16.8. The molecule has 1 unspecified atom stereocenters. The van der Waals surface area contributed by atoms with Gasteiger partial charge in [-0.05, 0) is 73.5 Å². The van der Waals surface area contributed by atoms with E-state index in [9.17, 15) is 0 Å². The highest BCUT2D eigenvalue weighted by Gasteiger charge is 2.38. The van der Waals surface area contributed by atoms with Crippen LogP contribution in [0.2, 0.25) is 0 Å². The first-order valence-electron chi connectivity index (χ1n) is 9.84. The van der Waals surface area contributed by atoms with Gasteiger partial charge in [-0.2, -0.15) is 12.6 Å². The molecule has 0 aromatic heterocycles. The molecule has 0 nitrogen and oxygen atoms in total. The van der Waals surface area contributed by atoms with Crippen molar-refractivity contribution in [1.82, 2.24) is 0 Å². The van der Waals surface area contributed by atoms with E-state index in [4.69, 9.17) is 0 Å². The number of unbranched alkanes of at least 4 members (excludes halogenated alkanes) is 4. The fourth-order valence-corrected chi connectivity index (χ4v) is 5.83. The van der Waals surface area contributed by atoms with Gasteiger partial charge >= 0.3 is 0 Å². The Morgan fingerprint density at radius 1 is 1.17 bits per heavy atom. The Labute approximate surface area is 158 Å². The molecule has 2 aliphatic carbocycles. The maximum absolute atomic E-state index is 4.41. The molecule has 1 saturated carbocycles. The number of thioether (sulfide) groups is 1. The quantitative estimate of drug-likeness (QED) is 0.172. The summed E-state index contributed by atoms with van der Waals surface area (Å²) in [5, 5.41) is 0.883. The van der Waals surface area contributed by atoms with Crippen LogP contribution in [0.25, 0.3) is 0 Å². The highest BCUT2D eigenvalue weighted by Crippen LogP contribution is 2.47. The molecule has 3 rings (SSSR count). The monoisotopic (exact) mass is 360 g/mol. The minimum Gasteiger partial charge on any atom is -0.168 e. The summed E-state index contributed by atoms with van der Waals surface area (Å²) in [6.45, 7) is 2.29. The maximum atomic E-state index is 4.41. The molecule has 0 saturated heterocycles. The summed E-state index contributed by atoms with van der Waals surface area (Å²) in [6, 6.07) is 6.92. The number of fused-ring (bicyclic) bond motifs is 2. The van der Waals surface area contributed by atoms with Crippen molar-refractivity contribution in [2.75, 3.05) is 5.08 Å². The summed E-state index contributed by atoms with van der Waals surface area (Å²) in [5.74, 6) is 2.63. The highest BCUT2D eigenvalue weighted by molar-refractivity contribution is 8.09. The third-order valence-electron chi connectivity index (χ3n) is 6.01. The van der Waals surface area contributed by atoms with E-state index in [1.807, 2.05) is 11.8 Å². The Morgan fingerprint density at radius 3 is 2.92 bits per heavy atom. The van der Waals surface area contributed by atoms with Crippen molar-refractivity contribution in [2.24, 2.45) is 17.8 Å². The second kappa shape index (κ2) is 9.38. The summed E-state index contributed by atoms with van der Waals surface area (Å²) in [7, 11) is 0. The Balaban J connectivity index is 1.60. The van der Waals surface area contributed by atoms with E-state index in [0.29, 0.717) is 0 Å². The summed E-state index contributed by atoms with van der Waals surface area (Å²) in [4.78, 5) is 1.48. The predicted molar refractivity (Wildman–Crippen MR) is 111 cm³/mol. The maximum Gasteiger partial charge on any atom is 0.0409 e. The molecular weight excluding hydrogens is 328 g/mol. The van der Waals surface area contributed by atoms with Crippen LogP contribution in [0, 0.1) is 17.8 Å². The van der Waals surface area contributed by atoms with Gasteiger partial charge in [0, 0.05) is 9.98 Å². The van der Waals surface area contributed by atoms with Crippen molar-refractivity contribution in [3.05, 3.63) is 41.5 Å². The van der Waals surface area contributed by atoms with Gasteiger partial charge in [-0.1, -0.05) is 50.5 Å². The molecule has 0 amide bonds. The number of hydrogen-bond acceptors (Lipinski definition) is 2. The molecule has 1 aromatic rings. The number of rotatable bonds is 8. The van der Waals surface area contributed by atoms with Gasteiger partial charge in [-0.3, -0.25) is 0 Å². The van der Waals surface area contributed by atoms with E-state index in [-0.39, 0.29) is 0 Å². The van der Waals surface area contributed by atoms with Crippen molar-refractivity contribution in [3.63, 3.8) is 0 Å². The van der Waals surface area contributed by atoms with Crippen LogP contribution in [-0.4, -0.2) is 5.08 Å². The molecule has 0 N–H and O–H groups in total. The largest absolute Gasteiger partial charge is 0.168 e. The summed E-state index contributed by atoms with van der Waals surface area (Å²) in [5.41, 5.74) is 3.26. The van der Waals surface area contributed by atoms with Gasteiger partial charge in [-0.25, -0.2) is 0 Å². The van der Waals surface area contributed by atoms with Crippen LogP contribution in [0.4, 0.5) is 0 Å². The summed E-state index contributed by atoms with van der Waals surface area (Å²) < 4.78 is 0. The molecule has 132 valence electrons. The van der Waals surface area contributed by atoms with Crippen LogP contribution < -0.4 is 0 Å². The van der Waals surface area contributed by atoms with Crippen LogP contribution in [0.5, 0.6) is 0 Å². The van der Waals surface area contributed by atoms with Crippen molar-refractivity contribution in [2.45, 2.75) is 69.6 Å². The number of benzene rings is 1. The van der Waals surface area contributed by atoms with Gasteiger partial charge in [0.1, 0.15) is 0 Å². The second-order valence-electron chi connectivity index (χ2n) is 7.52. The average molecular weight is 361 g/mol. The second-order valence-corrected chi connectivity index (χ2v) is 9.28. The van der Waals surface area contributed by atoms with Gasteiger partial charge in [0.05, 0.1) is 0 Å². The summed E-state index contributed by atoms with van der Waals surface area (Å²) >= 11 is 6.31. The minimum absolute atomic E-state index is 0.829. The van der Waals surface area contributed by atoms with Gasteiger partial charge in [0.2, 0.25) is 0 Å². The number of hydrogen-bond donors (Lipinski definition) is 1. The lowest BCUT2D eigenvalue weighted by atomic mass is 9.75. The molecule has 0 radical (unpaired) electrons. The first kappa shape index (κ1) is 18.5. The molecule has 1 aromatic carbocycles. The van der Waals surface area contributed by atoms with Crippen LogP contribution >= 0.6 is 24.4 Å². The third-order valence-corrected chi connectivity index (χ3v) is 7.22. The van der Waals surface area contributed by atoms with Crippen LogP contribution in [0.1, 0.15) is 63.0 Å². The lowest BCUT2D eigenvalue weighted by Gasteiger charge is -2.31. The molecule has 0 bridgehead atoms. The molecule has 2 heteroatoms. The van der Waals surface area contributed by atoms with Gasteiger partial charge in [-0.15, -0.1) is 11.8 Å². The fourth-order valence-electron chi connectivity index (χ4n) is 4.71. The molecule has 0 aliphatic heterocycles. The van der Waals surface area contributed by atoms with Crippen molar-refractivity contribution >= 4 is 24.4 Å². The van der Waals surface area contributed by atoms with Gasteiger partial charge in [0.25, 0.3) is 0 Å². The Morgan fingerprint density at radius 2 is 2.08 bits per heavy atom. The minimum atomic E-state index is 0.829. The first-order chi connectivity index (χ1) is 11.8. The van der Waals surface area contributed by atoms with Crippen molar-refractivity contribution in [1.29, 1.82) is 0 Å². The van der Waals surface area contributed by atoms with Gasteiger partial charge in [0.15, 0.2) is 0 Å². The van der Waals surface area contributed by atoms with Crippen molar-refractivity contribution in [3.8, 4) is 0 Å². The zero-order chi connectivity index (χ0) is 16.8. The molecule has 24 heavy (non-hydrogen) atoms. The van der Waals surface area contributed by atoms with Gasteiger partial charge < -0.3 is 0 Å². The molecule has 3 atom stereocenters. The lowest BCUT2D eigenvalue weighted by molar-refractivity contribution is 0.321. The SMILES string of the molecule is CCCCCC/C=C/C1CC[C@@H]2Cc3c(cccc3SCS)C[C@H]12. The molecular formula is C22H32S2. The standard InChI is InChI=1S/C22H32S2/c1-2-3-4-5-6-7-9-17-12-13-19-15-21-18(14-20(17)19)10-8-11-22(21)24-16-23/h7-11,17,19-20,23H,2-6,12-16H2,1H3/b9-7+/t17?,19-,20-/m1/s1. The van der Waals surface area contributed by atoms with E-state index >= 15 is 0 Å². The van der Waals surface area contributed by atoms with Crippen LogP contribution in [-0.2, 0) is 12.8 Å². The van der Waals surface area contributed by atoms with E-state index in [1.165, 1.54) is 62.7 Å². The molecule has 2 aliphatic rings. The molecule has 0 spiro atoms. The lowest BCUT2D eigenvalue weighted by Crippen LogP contribution is -2.24. The zero-order valence-electron chi connectivity index (χ0n) is 15.0. The fraction of sp³-hybridized carbons (Fsp3) is 0.636. The Bertz CT molecular complexity index is 549. The average Bonchev–Trinajstić information content (AvgIpc) is 2.99. The van der Waals surface area contributed by atoms with E-state index < -0.39 is 0 Å². The van der Waals surface area contributed by atoms with Crippen LogP contribution in [0.3, 0.4) is 0 Å². The number of allylic oxidation sites excluding steroid dienone is 2. The van der Waals surface area contributed by atoms with E-state index in [0.717, 1.165) is 22.8 Å². The van der Waals surface area contributed by atoms with E-state index in [1.54, 1.807) is 11.1 Å². The smallest absolute Gasteiger partial charge is 0.0409 e. The topological polar surface area (TPSA) is 0 Å². The first-order valence-corrected chi connectivity index (χ1v) is 11.5. The normalized spacial score (nSPS) is 25.8. The third kappa shape index (κ3) is 4.43. The Hall–Kier alpha value is -0.340. The highest BCUT2D eigenvalue weighted by atomic mass is 32.2. The van der Waals surface area contributed by atoms with E-state index in [2.05, 4.69) is 49.9 Å². The van der Waals surface area contributed by atoms with Crippen molar-refractivity contribution < 1.29 is 0 Å². The Kier molecular flexibility index (Phi) is 7.21. The predicted octanol–water partition coefficient (Wildman–Crippen LogP) is 6.93. The summed E-state index contributed by atoms with van der Waals surface area (Å²) in [6.07, 6.45) is 17.3. The molecule has 1 fully saturated rings.